The number of aryl methyl sites for hydroxylation is 3. The van der Waals surface area contributed by atoms with E-state index < -0.39 is 0 Å². The molecule has 1 atom stereocenters. The molecule has 0 aliphatic rings. The molecule has 0 heterocycles. The van der Waals surface area contributed by atoms with Crippen molar-refractivity contribution < 1.29 is 0 Å². The monoisotopic (exact) mass is 301 g/mol. The summed E-state index contributed by atoms with van der Waals surface area (Å²) in [4.78, 5) is 0. The summed E-state index contributed by atoms with van der Waals surface area (Å²) in [6.45, 7) is 9.58. The Balaban J connectivity index is 2.44. The Morgan fingerprint density at radius 1 is 1.00 bits per heavy atom. The van der Waals surface area contributed by atoms with Gasteiger partial charge in [-0.1, -0.05) is 54.4 Å². The largest absolute Gasteiger partial charge is 0.306 e. The van der Waals surface area contributed by atoms with Gasteiger partial charge in [0.05, 0.1) is 6.04 Å². The SMILES string of the molecule is CCCNC(c1ccc(Cl)c(C)c1)c1ccc(C)cc1C. The fourth-order valence-electron chi connectivity index (χ4n) is 2.69. The molecule has 0 aliphatic heterocycles. The van der Waals surface area contributed by atoms with Crippen LogP contribution >= 0.6 is 11.6 Å². The standard InChI is InChI=1S/C19H24ClN/c1-5-10-21-19(16-7-9-18(20)15(4)12-16)17-8-6-13(2)11-14(17)3/h6-9,11-12,19,21H,5,10H2,1-4H3. The van der Waals surface area contributed by atoms with Crippen molar-refractivity contribution >= 4 is 11.6 Å². The Morgan fingerprint density at radius 2 is 1.76 bits per heavy atom. The van der Waals surface area contributed by atoms with Crippen molar-refractivity contribution in [2.24, 2.45) is 0 Å². The number of hydrogen-bond donors (Lipinski definition) is 1. The van der Waals surface area contributed by atoms with E-state index in [1.54, 1.807) is 0 Å². The predicted molar refractivity (Wildman–Crippen MR) is 92.2 cm³/mol. The molecular weight excluding hydrogens is 278 g/mol. The van der Waals surface area contributed by atoms with Gasteiger partial charge < -0.3 is 5.32 Å². The van der Waals surface area contributed by atoms with Gasteiger partial charge in [0.15, 0.2) is 0 Å². The summed E-state index contributed by atoms with van der Waals surface area (Å²) in [7, 11) is 0. The third kappa shape index (κ3) is 3.87. The van der Waals surface area contributed by atoms with Crippen LogP contribution < -0.4 is 5.32 Å². The smallest absolute Gasteiger partial charge is 0.0579 e. The molecule has 0 bridgehead atoms. The van der Waals surface area contributed by atoms with Gasteiger partial charge in [0.1, 0.15) is 0 Å². The van der Waals surface area contributed by atoms with Gasteiger partial charge in [-0.05, 0) is 62.1 Å². The maximum atomic E-state index is 6.17. The first-order chi connectivity index (χ1) is 10.0. The van der Waals surface area contributed by atoms with Crippen LogP contribution in [0.25, 0.3) is 0 Å². The van der Waals surface area contributed by atoms with Crippen LogP contribution in [0.5, 0.6) is 0 Å². The molecule has 1 N–H and O–H groups in total. The van der Waals surface area contributed by atoms with Gasteiger partial charge in [0.25, 0.3) is 0 Å². The van der Waals surface area contributed by atoms with Gasteiger partial charge in [0.2, 0.25) is 0 Å². The summed E-state index contributed by atoms with van der Waals surface area (Å²) in [6.07, 6.45) is 1.12. The average Bonchev–Trinajstić information content (AvgIpc) is 2.44. The second-order valence-corrected chi connectivity index (χ2v) is 6.16. The maximum absolute atomic E-state index is 6.17. The highest BCUT2D eigenvalue weighted by Crippen LogP contribution is 2.28. The Labute approximate surface area is 133 Å². The highest BCUT2D eigenvalue weighted by atomic mass is 35.5. The van der Waals surface area contributed by atoms with E-state index in [4.69, 9.17) is 11.6 Å². The highest BCUT2D eigenvalue weighted by molar-refractivity contribution is 6.31. The van der Waals surface area contributed by atoms with E-state index in [1.165, 1.54) is 22.3 Å². The Hall–Kier alpha value is -1.31. The van der Waals surface area contributed by atoms with Crippen LogP contribution in [-0.4, -0.2) is 6.54 Å². The number of rotatable bonds is 5. The van der Waals surface area contributed by atoms with Crippen molar-refractivity contribution in [1.82, 2.24) is 5.32 Å². The van der Waals surface area contributed by atoms with E-state index in [1.807, 2.05) is 6.07 Å². The van der Waals surface area contributed by atoms with Crippen LogP contribution in [0.1, 0.15) is 47.2 Å². The summed E-state index contributed by atoms with van der Waals surface area (Å²) in [6, 6.07) is 13.2. The van der Waals surface area contributed by atoms with Crippen molar-refractivity contribution in [3.05, 3.63) is 69.2 Å². The van der Waals surface area contributed by atoms with Crippen molar-refractivity contribution in [1.29, 1.82) is 0 Å². The zero-order valence-corrected chi connectivity index (χ0v) is 14.1. The van der Waals surface area contributed by atoms with E-state index in [2.05, 4.69) is 63.3 Å². The lowest BCUT2D eigenvalue weighted by molar-refractivity contribution is 0.596. The molecular formula is C19H24ClN. The minimum atomic E-state index is 0.224. The molecule has 0 aromatic heterocycles. The molecule has 0 amide bonds. The van der Waals surface area contributed by atoms with Gasteiger partial charge in [-0.15, -0.1) is 0 Å². The van der Waals surface area contributed by atoms with Gasteiger partial charge >= 0.3 is 0 Å². The molecule has 21 heavy (non-hydrogen) atoms. The fraction of sp³-hybridized carbons (Fsp3) is 0.368. The zero-order valence-electron chi connectivity index (χ0n) is 13.3. The third-order valence-electron chi connectivity index (χ3n) is 3.85. The number of hydrogen-bond acceptors (Lipinski definition) is 1. The molecule has 1 nitrogen and oxygen atoms in total. The Bertz CT molecular complexity index is 619. The summed E-state index contributed by atoms with van der Waals surface area (Å²) >= 11 is 6.17. The van der Waals surface area contributed by atoms with Gasteiger partial charge in [-0.25, -0.2) is 0 Å². The van der Waals surface area contributed by atoms with Gasteiger partial charge in [0, 0.05) is 5.02 Å². The van der Waals surface area contributed by atoms with Crippen LogP contribution in [-0.2, 0) is 0 Å². The first-order valence-corrected chi connectivity index (χ1v) is 7.97. The molecule has 1 unspecified atom stereocenters. The fourth-order valence-corrected chi connectivity index (χ4v) is 2.81. The second-order valence-electron chi connectivity index (χ2n) is 5.76. The van der Waals surface area contributed by atoms with Crippen molar-refractivity contribution in [3.63, 3.8) is 0 Å². The molecule has 2 rings (SSSR count). The van der Waals surface area contributed by atoms with E-state index in [9.17, 15) is 0 Å². The molecule has 0 radical (unpaired) electrons. The quantitative estimate of drug-likeness (QED) is 0.784. The van der Waals surface area contributed by atoms with Gasteiger partial charge in [-0.2, -0.15) is 0 Å². The van der Waals surface area contributed by atoms with Crippen LogP contribution in [0.3, 0.4) is 0 Å². The minimum Gasteiger partial charge on any atom is -0.306 e. The molecule has 2 aromatic carbocycles. The van der Waals surface area contributed by atoms with Crippen LogP contribution in [0, 0.1) is 20.8 Å². The first kappa shape index (κ1) is 16.1. The predicted octanol–water partition coefficient (Wildman–Crippen LogP) is 5.35. The summed E-state index contributed by atoms with van der Waals surface area (Å²) in [5.41, 5.74) is 6.38. The lowest BCUT2D eigenvalue weighted by Gasteiger charge is -2.22. The lowest BCUT2D eigenvalue weighted by Crippen LogP contribution is -2.24. The second kappa shape index (κ2) is 7.11. The van der Waals surface area contributed by atoms with Crippen molar-refractivity contribution in [2.75, 3.05) is 6.54 Å². The number of benzene rings is 2. The van der Waals surface area contributed by atoms with E-state index in [0.717, 1.165) is 23.6 Å². The normalized spacial score (nSPS) is 12.4. The Morgan fingerprint density at radius 3 is 2.38 bits per heavy atom. The molecule has 0 saturated carbocycles. The van der Waals surface area contributed by atoms with Crippen molar-refractivity contribution in [2.45, 2.75) is 40.2 Å². The molecule has 112 valence electrons. The Kier molecular flexibility index (Phi) is 5.44. The average molecular weight is 302 g/mol. The molecule has 2 aromatic rings. The van der Waals surface area contributed by atoms with E-state index in [-0.39, 0.29) is 6.04 Å². The summed E-state index contributed by atoms with van der Waals surface area (Å²) in [5.74, 6) is 0. The maximum Gasteiger partial charge on any atom is 0.0579 e. The molecule has 2 heteroatoms. The molecule has 0 saturated heterocycles. The van der Waals surface area contributed by atoms with Crippen LogP contribution in [0.15, 0.2) is 36.4 Å². The number of nitrogens with one attached hydrogen (secondary N) is 1. The molecule has 0 fully saturated rings. The first-order valence-electron chi connectivity index (χ1n) is 7.59. The lowest BCUT2D eigenvalue weighted by atomic mass is 9.93. The van der Waals surface area contributed by atoms with E-state index in [0.29, 0.717) is 0 Å². The molecule has 0 spiro atoms. The summed E-state index contributed by atoms with van der Waals surface area (Å²) in [5, 5.41) is 4.49. The van der Waals surface area contributed by atoms with Crippen LogP contribution in [0.2, 0.25) is 5.02 Å². The molecule has 0 aliphatic carbocycles. The van der Waals surface area contributed by atoms with Crippen molar-refractivity contribution in [3.8, 4) is 0 Å². The van der Waals surface area contributed by atoms with E-state index >= 15 is 0 Å². The zero-order chi connectivity index (χ0) is 15.4. The third-order valence-corrected chi connectivity index (χ3v) is 4.27. The number of halogens is 1. The van der Waals surface area contributed by atoms with Gasteiger partial charge in [-0.3, -0.25) is 0 Å². The van der Waals surface area contributed by atoms with Crippen LogP contribution in [0.4, 0.5) is 0 Å². The highest BCUT2D eigenvalue weighted by Gasteiger charge is 2.16. The minimum absolute atomic E-state index is 0.224. The topological polar surface area (TPSA) is 12.0 Å². The summed E-state index contributed by atoms with van der Waals surface area (Å²) < 4.78 is 0.